The van der Waals surface area contributed by atoms with Gasteiger partial charge < -0.3 is 10.1 Å². The van der Waals surface area contributed by atoms with Crippen molar-refractivity contribution in [3.05, 3.63) is 35.5 Å². The summed E-state index contributed by atoms with van der Waals surface area (Å²) < 4.78 is 22.8. The molecule has 1 atom stereocenters. The molecule has 6 heteroatoms. The van der Waals surface area contributed by atoms with Crippen LogP contribution in [0.1, 0.15) is 29.7 Å². The molecule has 0 saturated heterocycles. The van der Waals surface area contributed by atoms with Crippen molar-refractivity contribution in [2.45, 2.75) is 25.0 Å². The molecule has 0 radical (unpaired) electrons. The van der Waals surface area contributed by atoms with Crippen LogP contribution in [0.25, 0.3) is 10.9 Å². The van der Waals surface area contributed by atoms with Crippen LogP contribution in [0.2, 0.25) is 0 Å². The molecular weight excluding hydrogens is 264 g/mol. The van der Waals surface area contributed by atoms with Crippen molar-refractivity contribution in [3.63, 3.8) is 0 Å². The first-order valence-electron chi connectivity index (χ1n) is 6.16. The van der Waals surface area contributed by atoms with E-state index in [1.54, 1.807) is 13.0 Å². The molecular formula is C13H18N2O3S. The van der Waals surface area contributed by atoms with Gasteiger partial charge in [-0.3, -0.25) is 0 Å². The number of hydrogen-bond acceptors (Lipinski definition) is 3. The zero-order chi connectivity index (χ0) is 14.0. The Labute approximate surface area is 112 Å². The summed E-state index contributed by atoms with van der Waals surface area (Å²) in [6, 6.07) is 5.48. The maximum atomic E-state index is 11.4. The predicted molar refractivity (Wildman–Crippen MR) is 75.2 cm³/mol. The van der Waals surface area contributed by atoms with Crippen molar-refractivity contribution >= 4 is 20.9 Å². The lowest BCUT2D eigenvalue weighted by Gasteiger charge is -2.09. The lowest BCUT2D eigenvalue weighted by atomic mass is 10.0. The third-order valence-corrected chi connectivity index (χ3v) is 4.62. The number of aliphatic hydroxyl groups is 1. The van der Waals surface area contributed by atoms with E-state index in [0.717, 1.165) is 22.9 Å². The van der Waals surface area contributed by atoms with Crippen molar-refractivity contribution < 1.29 is 13.5 Å². The number of rotatable bonds is 5. The van der Waals surface area contributed by atoms with E-state index in [1.165, 1.54) is 0 Å². The van der Waals surface area contributed by atoms with E-state index < -0.39 is 15.3 Å². The van der Waals surface area contributed by atoms with E-state index in [9.17, 15) is 8.42 Å². The Kier molecular flexibility index (Phi) is 3.93. The fourth-order valence-corrected chi connectivity index (χ4v) is 2.64. The highest BCUT2D eigenvalue weighted by Gasteiger charge is 2.18. The molecule has 2 rings (SSSR count). The van der Waals surface area contributed by atoms with Gasteiger partial charge in [0.25, 0.3) is 0 Å². The summed E-state index contributed by atoms with van der Waals surface area (Å²) in [5.74, 6) is 0. The molecule has 4 N–H and O–H groups in total. The molecule has 0 bridgehead atoms. The van der Waals surface area contributed by atoms with Crippen LogP contribution in [0, 0.1) is 0 Å². The molecule has 1 aromatic heterocycles. The highest BCUT2D eigenvalue weighted by molar-refractivity contribution is 7.89. The Morgan fingerprint density at radius 3 is 2.79 bits per heavy atom. The van der Waals surface area contributed by atoms with Crippen molar-refractivity contribution in [2.24, 2.45) is 5.14 Å². The quantitative estimate of drug-likeness (QED) is 0.774. The summed E-state index contributed by atoms with van der Waals surface area (Å²) in [4.78, 5) is 3.14. The fourth-order valence-electron chi connectivity index (χ4n) is 2.11. The molecule has 0 spiro atoms. The Bertz CT molecular complexity index is 676. The van der Waals surface area contributed by atoms with Crippen LogP contribution >= 0.6 is 0 Å². The second kappa shape index (κ2) is 5.32. The molecule has 0 saturated carbocycles. The number of aromatic nitrogens is 1. The van der Waals surface area contributed by atoms with Crippen molar-refractivity contribution in [2.75, 3.05) is 6.61 Å². The fraction of sp³-hybridized carbons (Fsp3) is 0.385. The molecule has 0 fully saturated rings. The van der Waals surface area contributed by atoms with Gasteiger partial charge in [0.15, 0.2) is 0 Å². The average Bonchev–Trinajstić information content (AvgIpc) is 2.76. The van der Waals surface area contributed by atoms with Gasteiger partial charge in [-0.05, 0) is 43.0 Å². The molecule has 104 valence electrons. The molecule has 19 heavy (non-hydrogen) atoms. The first-order valence-corrected chi connectivity index (χ1v) is 7.77. The molecule has 0 aliphatic heterocycles. The highest BCUT2D eigenvalue weighted by atomic mass is 32.2. The largest absolute Gasteiger partial charge is 0.396 e. The Morgan fingerprint density at radius 2 is 2.16 bits per heavy atom. The lowest BCUT2D eigenvalue weighted by molar-refractivity contribution is 0.289. The predicted octanol–water partition coefficient (Wildman–Crippen LogP) is 1.44. The van der Waals surface area contributed by atoms with Crippen LogP contribution in [-0.4, -0.2) is 25.1 Å². The van der Waals surface area contributed by atoms with Gasteiger partial charge in [0.1, 0.15) is 0 Å². The van der Waals surface area contributed by atoms with Gasteiger partial charge >= 0.3 is 0 Å². The summed E-state index contributed by atoms with van der Waals surface area (Å²) >= 11 is 0. The molecule has 2 aromatic rings. The average molecular weight is 282 g/mol. The van der Waals surface area contributed by atoms with Crippen LogP contribution in [-0.2, 0) is 16.4 Å². The van der Waals surface area contributed by atoms with Crippen molar-refractivity contribution in [1.29, 1.82) is 0 Å². The van der Waals surface area contributed by atoms with Gasteiger partial charge in [-0.2, -0.15) is 0 Å². The molecule has 0 aliphatic carbocycles. The summed E-state index contributed by atoms with van der Waals surface area (Å²) in [7, 11) is -3.59. The minimum atomic E-state index is -3.59. The molecule has 0 aliphatic rings. The van der Waals surface area contributed by atoms with Gasteiger partial charge in [0.05, 0.1) is 5.25 Å². The maximum Gasteiger partial charge on any atom is 0.215 e. The zero-order valence-corrected chi connectivity index (χ0v) is 11.6. The van der Waals surface area contributed by atoms with E-state index >= 15 is 0 Å². The molecule has 5 nitrogen and oxygen atoms in total. The first-order chi connectivity index (χ1) is 8.93. The molecule has 1 heterocycles. The maximum absolute atomic E-state index is 11.4. The smallest absolute Gasteiger partial charge is 0.215 e. The standard InChI is InChI=1S/C13H18N2O3S/c1-9(19(14,17)18)10-4-5-13-12(7-10)11(8-15-13)3-2-6-16/h4-5,7-9,15-16H,2-3,6H2,1H3,(H2,14,17,18). The summed E-state index contributed by atoms with van der Waals surface area (Å²) in [6.45, 7) is 1.72. The summed E-state index contributed by atoms with van der Waals surface area (Å²) in [6.07, 6.45) is 3.33. The highest BCUT2D eigenvalue weighted by Crippen LogP contribution is 2.26. The van der Waals surface area contributed by atoms with Crippen molar-refractivity contribution in [3.8, 4) is 0 Å². The van der Waals surface area contributed by atoms with E-state index in [-0.39, 0.29) is 6.61 Å². The monoisotopic (exact) mass is 282 g/mol. The van der Waals surface area contributed by atoms with Crippen LogP contribution in [0.5, 0.6) is 0 Å². The Balaban J connectivity index is 2.43. The van der Waals surface area contributed by atoms with E-state index in [4.69, 9.17) is 10.2 Å². The van der Waals surface area contributed by atoms with E-state index in [0.29, 0.717) is 12.0 Å². The van der Waals surface area contributed by atoms with Crippen LogP contribution in [0.4, 0.5) is 0 Å². The number of sulfonamides is 1. The lowest BCUT2D eigenvalue weighted by Crippen LogP contribution is -2.19. The van der Waals surface area contributed by atoms with Gasteiger partial charge in [-0.15, -0.1) is 0 Å². The number of nitrogens with one attached hydrogen (secondary N) is 1. The number of nitrogens with two attached hydrogens (primary N) is 1. The molecule has 1 unspecified atom stereocenters. The van der Waals surface area contributed by atoms with Gasteiger partial charge in [0.2, 0.25) is 10.0 Å². The zero-order valence-electron chi connectivity index (χ0n) is 10.8. The van der Waals surface area contributed by atoms with E-state index in [2.05, 4.69) is 4.98 Å². The SMILES string of the molecule is CC(c1ccc2[nH]cc(CCCO)c2c1)S(N)(=O)=O. The normalized spacial score (nSPS) is 13.8. The van der Waals surface area contributed by atoms with Crippen LogP contribution in [0.15, 0.2) is 24.4 Å². The molecule has 0 amide bonds. The number of aliphatic hydroxyl groups excluding tert-OH is 1. The third-order valence-electron chi connectivity index (χ3n) is 3.36. The number of benzene rings is 1. The Morgan fingerprint density at radius 1 is 1.42 bits per heavy atom. The van der Waals surface area contributed by atoms with Crippen LogP contribution in [0.3, 0.4) is 0 Å². The van der Waals surface area contributed by atoms with E-state index in [1.807, 2.05) is 18.3 Å². The third kappa shape index (κ3) is 2.97. The number of fused-ring (bicyclic) bond motifs is 1. The molecule has 1 aromatic carbocycles. The number of primary sulfonamides is 1. The second-order valence-corrected chi connectivity index (χ2v) is 6.56. The topological polar surface area (TPSA) is 96.2 Å². The Hall–Kier alpha value is -1.37. The minimum Gasteiger partial charge on any atom is -0.396 e. The summed E-state index contributed by atoms with van der Waals surface area (Å²) in [5, 5.41) is 14.3. The van der Waals surface area contributed by atoms with Gasteiger partial charge in [-0.1, -0.05) is 6.07 Å². The number of aromatic amines is 1. The van der Waals surface area contributed by atoms with Gasteiger partial charge in [-0.25, -0.2) is 13.6 Å². The number of aryl methyl sites for hydroxylation is 1. The van der Waals surface area contributed by atoms with Crippen LogP contribution < -0.4 is 5.14 Å². The van der Waals surface area contributed by atoms with Crippen molar-refractivity contribution in [1.82, 2.24) is 4.98 Å². The number of H-pyrrole nitrogens is 1. The first kappa shape index (κ1) is 14.0. The minimum absolute atomic E-state index is 0.139. The second-order valence-electron chi connectivity index (χ2n) is 4.68. The number of hydrogen-bond donors (Lipinski definition) is 3. The van der Waals surface area contributed by atoms with Gasteiger partial charge in [0, 0.05) is 23.7 Å². The summed E-state index contributed by atoms with van der Waals surface area (Å²) in [5.41, 5.74) is 2.71.